The molecule has 2 amide bonds. The summed E-state index contributed by atoms with van der Waals surface area (Å²) >= 11 is 0. The number of piperazine rings is 1. The average Bonchev–Trinajstić information content (AvgIpc) is 2.82. The molecule has 5 nitrogen and oxygen atoms in total. The van der Waals surface area contributed by atoms with Crippen LogP contribution >= 0.6 is 0 Å². The molecule has 5 heteroatoms. The molecule has 0 atom stereocenters. The molecule has 1 saturated heterocycles. The van der Waals surface area contributed by atoms with Crippen LogP contribution in [0.2, 0.25) is 0 Å². The second kappa shape index (κ2) is 9.24. The Labute approximate surface area is 177 Å². The molecule has 2 aliphatic rings. The van der Waals surface area contributed by atoms with Crippen molar-refractivity contribution in [3.8, 4) is 0 Å². The van der Waals surface area contributed by atoms with Gasteiger partial charge < -0.3 is 9.80 Å². The molecule has 30 heavy (non-hydrogen) atoms. The van der Waals surface area contributed by atoms with Gasteiger partial charge in [-0.15, -0.1) is 0 Å². The Morgan fingerprint density at radius 1 is 0.700 bits per heavy atom. The molecule has 0 aromatic heterocycles. The van der Waals surface area contributed by atoms with Crippen LogP contribution in [0.5, 0.6) is 0 Å². The van der Waals surface area contributed by atoms with Gasteiger partial charge in [-0.2, -0.15) is 0 Å². The number of Topliss-reactive ketones (excluding diaryl/α,β-unsaturated/α-hetero) is 1. The third-order valence-electron chi connectivity index (χ3n) is 6.18. The highest BCUT2D eigenvalue weighted by Gasteiger charge is 2.25. The minimum absolute atomic E-state index is 0.00489. The fraction of sp³-hybridized carbons (Fsp3) is 0.400. The van der Waals surface area contributed by atoms with Crippen LogP contribution < -0.4 is 0 Å². The number of fused-ring (bicyclic) bond motifs is 1. The van der Waals surface area contributed by atoms with Crippen LogP contribution in [-0.4, -0.2) is 53.6 Å². The molecule has 1 fully saturated rings. The van der Waals surface area contributed by atoms with Gasteiger partial charge in [0, 0.05) is 50.1 Å². The van der Waals surface area contributed by atoms with Gasteiger partial charge in [0.15, 0.2) is 5.78 Å². The van der Waals surface area contributed by atoms with Crippen LogP contribution in [0, 0.1) is 0 Å². The normalized spacial score (nSPS) is 16.1. The van der Waals surface area contributed by atoms with Gasteiger partial charge >= 0.3 is 0 Å². The molecule has 0 bridgehead atoms. The van der Waals surface area contributed by atoms with E-state index in [1.165, 1.54) is 24.0 Å². The molecule has 0 N–H and O–H groups in total. The Balaban J connectivity index is 1.26. The largest absolute Gasteiger partial charge is 0.339 e. The quantitative estimate of drug-likeness (QED) is 0.717. The number of carbonyl (C=O) groups is 3. The monoisotopic (exact) mass is 404 g/mol. The molecule has 2 aromatic carbocycles. The highest BCUT2D eigenvalue weighted by Crippen LogP contribution is 2.23. The maximum absolute atomic E-state index is 12.6. The summed E-state index contributed by atoms with van der Waals surface area (Å²) < 4.78 is 0. The topological polar surface area (TPSA) is 57.7 Å². The number of hydrogen-bond acceptors (Lipinski definition) is 3. The van der Waals surface area contributed by atoms with Crippen molar-refractivity contribution in [3.63, 3.8) is 0 Å². The summed E-state index contributed by atoms with van der Waals surface area (Å²) in [6, 6.07) is 15.2. The fourth-order valence-electron chi connectivity index (χ4n) is 4.35. The van der Waals surface area contributed by atoms with Crippen molar-refractivity contribution < 1.29 is 14.4 Å². The maximum atomic E-state index is 12.6. The van der Waals surface area contributed by atoms with E-state index in [0.29, 0.717) is 31.7 Å². The first-order chi connectivity index (χ1) is 14.6. The number of hydrogen-bond donors (Lipinski definition) is 0. The Morgan fingerprint density at radius 3 is 2.10 bits per heavy atom. The number of amides is 2. The molecule has 1 aliphatic heterocycles. The molecular weight excluding hydrogens is 376 g/mol. The van der Waals surface area contributed by atoms with Crippen LogP contribution in [0.15, 0.2) is 48.5 Å². The van der Waals surface area contributed by atoms with E-state index >= 15 is 0 Å². The van der Waals surface area contributed by atoms with Crippen LogP contribution in [0.1, 0.15) is 57.5 Å². The predicted octanol–water partition coefficient (Wildman–Crippen LogP) is 3.51. The van der Waals surface area contributed by atoms with E-state index in [2.05, 4.69) is 6.07 Å². The van der Waals surface area contributed by atoms with Gasteiger partial charge in [0.1, 0.15) is 0 Å². The molecule has 156 valence electrons. The van der Waals surface area contributed by atoms with Crippen LogP contribution in [0.25, 0.3) is 0 Å². The van der Waals surface area contributed by atoms with Crippen LogP contribution in [0.4, 0.5) is 0 Å². The maximum Gasteiger partial charge on any atom is 0.253 e. The highest BCUT2D eigenvalue weighted by atomic mass is 16.2. The van der Waals surface area contributed by atoms with Gasteiger partial charge in [-0.1, -0.05) is 30.3 Å². The zero-order valence-electron chi connectivity index (χ0n) is 17.3. The second-order valence-electron chi connectivity index (χ2n) is 8.15. The van der Waals surface area contributed by atoms with Crippen molar-refractivity contribution in [1.82, 2.24) is 9.80 Å². The lowest BCUT2D eigenvalue weighted by Crippen LogP contribution is -2.50. The number of ketones is 1. The van der Waals surface area contributed by atoms with Crippen molar-refractivity contribution in [2.24, 2.45) is 0 Å². The first kappa shape index (κ1) is 20.3. The van der Waals surface area contributed by atoms with Gasteiger partial charge in [0.25, 0.3) is 5.91 Å². The standard InChI is InChI=1S/C25H28N2O3/c28-23(22-11-10-19-6-4-5-9-21(19)18-22)12-13-24(29)26-14-16-27(17-15-26)25(30)20-7-2-1-3-8-20/h1-3,7-8,10-11,18H,4-6,9,12-17H2. The molecule has 0 saturated carbocycles. The molecule has 1 aliphatic carbocycles. The summed E-state index contributed by atoms with van der Waals surface area (Å²) in [5.41, 5.74) is 4.05. The summed E-state index contributed by atoms with van der Waals surface area (Å²) in [7, 11) is 0. The Bertz CT molecular complexity index is 931. The molecule has 0 spiro atoms. The summed E-state index contributed by atoms with van der Waals surface area (Å²) in [4.78, 5) is 41.3. The lowest BCUT2D eigenvalue weighted by atomic mass is 9.89. The van der Waals surface area contributed by atoms with Gasteiger partial charge in [-0.25, -0.2) is 0 Å². The van der Waals surface area contributed by atoms with Crippen molar-refractivity contribution in [2.75, 3.05) is 26.2 Å². The number of aryl methyl sites for hydroxylation is 2. The molecule has 0 radical (unpaired) electrons. The van der Waals surface area contributed by atoms with Gasteiger partial charge in [-0.05, 0) is 55.0 Å². The fourth-order valence-corrected chi connectivity index (χ4v) is 4.35. The summed E-state index contributed by atoms with van der Waals surface area (Å²) in [6.07, 6.45) is 5.01. The third kappa shape index (κ3) is 4.61. The van der Waals surface area contributed by atoms with Crippen LogP contribution in [0.3, 0.4) is 0 Å². The zero-order chi connectivity index (χ0) is 20.9. The number of carbonyl (C=O) groups excluding carboxylic acids is 3. The Kier molecular flexibility index (Phi) is 6.26. The predicted molar refractivity (Wildman–Crippen MR) is 116 cm³/mol. The Morgan fingerprint density at radius 2 is 1.37 bits per heavy atom. The first-order valence-electron chi connectivity index (χ1n) is 10.9. The zero-order valence-corrected chi connectivity index (χ0v) is 17.3. The Hall–Kier alpha value is -2.95. The van der Waals surface area contributed by atoms with Gasteiger partial charge in [0.2, 0.25) is 5.91 Å². The lowest BCUT2D eigenvalue weighted by molar-refractivity contribution is -0.132. The molecule has 2 aromatic rings. The van der Waals surface area contributed by atoms with E-state index in [0.717, 1.165) is 18.4 Å². The van der Waals surface area contributed by atoms with Crippen molar-refractivity contribution in [3.05, 3.63) is 70.8 Å². The summed E-state index contributed by atoms with van der Waals surface area (Å²) in [5, 5.41) is 0. The average molecular weight is 405 g/mol. The smallest absolute Gasteiger partial charge is 0.253 e. The summed E-state index contributed by atoms with van der Waals surface area (Å²) in [6.45, 7) is 2.09. The van der Waals surface area contributed by atoms with E-state index in [9.17, 15) is 14.4 Å². The molecule has 0 unspecified atom stereocenters. The first-order valence-corrected chi connectivity index (χ1v) is 10.9. The van der Waals surface area contributed by atoms with E-state index in [-0.39, 0.29) is 30.4 Å². The highest BCUT2D eigenvalue weighted by molar-refractivity contribution is 5.98. The SMILES string of the molecule is O=C(CCC(=O)N1CCN(C(=O)c2ccccc2)CC1)c1ccc2c(c1)CCCC2. The van der Waals surface area contributed by atoms with Crippen molar-refractivity contribution >= 4 is 17.6 Å². The van der Waals surface area contributed by atoms with E-state index in [4.69, 9.17) is 0 Å². The molecular formula is C25H28N2O3. The number of rotatable bonds is 5. The second-order valence-corrected chi connectivity index (χ2v) is 8.15. The minimum atomic E-state index is -0.00637. The number of benzene rings is 2. The van der Waals surface area contributed by atoms with Crippen LogP contribution in [-0.2, 0) is 17.6 Å². The lowest BCUT2D eigenvalue weighted by Gasteiger charge is -2.35. The van der Waals surface area contributed by atoms with Gasteiger partial charge in [-0.3, -0.25) is 14.4 Å². The number of nitrogens with zero attached hydrogens (tertiary/aromatic N) is 2. The molecule has 1 heterocycles. The van der Waals surface area contributed by atoms with Crippen molar-refractivity contribution in [2.45, 2.75) is 38.5 Å². The van der Waals surface area contributed by atoms with Gasteiger partial charge in [0.05, 0.1) is 0 Å². The molecule has 4 rings (SSSR count). The third-order valence-corrected chi connectivity index (χ3v) is 6.18. The van der Waals surface area contributed by atoms with E-state index in [1.807, 2.05) is 42.5 Å². The van der Waals surface area contributed by atoms with Crippen molar-refractivity contribution in [1.29, 1.82) is 0 Å². The van der Waals surface area contributed by atoms with E-state index in [1.54, 1.807) is 9.80 Å². The van der Waals surface area contributed by atoms with E-state index < -0.39 is 0 Å². The minimum Gasteiger partial charge on any atom is -0.339 e. The summed E-state index contributed by atoms with van der Waals surface area (Å²) in [5.74, 6) is 0.0352.